The molecule has 2 heterocycles. The van der Waals surface area contributed by atoms with Gasteiger partial charge in [-0.15, -0.1) is 0 Å². The van der Waals surface area contributed by atoms with Crippen LogP contribution < -0.4 is 0 Å². The highest BCUT2D eigenvalue weighted by atomic mass is 19.1. The summed E-state index contributed by atoms with van der Waals surface area (Å²) in [5.74, 6) is -0.703. The Morgan fingerprint density at radius 3 is 2.67 bits per heavy atom. The van der Waals surface area contributed by atoms with Crippen molar-refractivity contribution in [2.45, 2.75) is 45.6 Å². The van der Waals surface area contributed by atoms with E-state index in [1.807, 2.05) is 4.90 Å². The van der Waals surface area contributed by atoms with E-state index >= 15 is 0 Å². The highest BCUT2D eigenvalue weighted by Crippen LogP contribution is 2.33. The summed E-state index contributed by atoms with van der Waals surface area (Å²) in [7, 11) is 0. The highest BCUT2D eigenvalue weighted by Gasteiger charge is 2.30. The SMILES string of the molecule is Cc1cc(C)cc(C2CCCN2C(=O)CCc2ncc(-c3ccc(F)cc3F)o2)c1. The van der Waals surface area contributed by atoms with Gasteiger partial charge in [-0.2, -0.15) is 0 Å². The van der Waals surface area contributed by atoms with E-state index in [9.17, 15) is 13.6 Å². The molecule has 1 aliphatic rings. The average Bonchev–Trinajstić information content (AvgIpc) is 3.35. The van der Waals surface area contributed by atoms with Gasteiger partial charge in [0.15, 0.2) is 11.7 Å². The number of likely N-dealkylation sites (tertiary alicyclic amines) is 1. The molecule has 1 saturated heterocycles. The van der Waals surface area contributed by atoms with Gasteiger partial charge in [-0.1, -0.05) is 29.3 Å². The Bertz CT molecular complexity index is 1060. The van der Waals surface area contributed by atoms with Crippen molar-refractivity contribution in [3.63, 3.8) is 0 Å². The van der Waals surface area contributed by atoms with Crippen LogP contribution in [0, 0.1) is 25.5 Å². The Balaban J connectivity index is 1.42. The second kappa shape index (κ2) is 8.38. The van der Waals surface area contributed by atoms with Gasteiger partial charge in [0.05, 0.1) is 17.8 Å². The summed E-state index contributed by atoms with van der Waals surface area (Å²) in [5.41, 5.74) is 3.73. The molecule has 0 bridgehead atoms. The van der Waals surface area contributed by atoms with Gasteiger partial charge >= 0.3 is 0 Å². The Morgan fingerprint density at radius 2 is 1.93 bits per heavy atom. The van der Waals surface area contributed by atoms with Crippen LogP contribution >= 0.6 is 0 Å². The van der Waals surface area contributed by atoms with E-state index in [0.717, 1.165) is 25.5 Å². The summed E-state index contributed by atoms with van der Waals surface area (Å²) in [6.07, 6.45) is 3.95. The molecular weight excluding hydrogens is 386 g/mol. The summed E-state index contributed by atoms with van der Waals surface area (Å²) in [5, 5.41) is 0. The van der Waals surface area contributed by atoms with Crippen molar-refractivity contribution in [3.05, 3.63) is 76.8 Å². The monoisotopic (exact) mass is 410 g/mol. The molecule has 6 heteroatoms. The topological polar surface area (TPSA) is 46.3 Å². The molecule has 1 atom stereocenters. The first-order chi connectivity index (χ1) is 14.4. The number of oxazole rings is 1. The van der Waals surface area contributed by atoms with Gasteiger partial charge in [-0.3, -0.25) is 4.79 Å². The maximum atomic E-state index is 13.9. The number of aromatic nitrogens is 1. The molecule has 1 fully saturated rings. The van der Waals surface area contributed by atoms with E-state index in [2.05, 4.69) is 37.0 Å². The molecule has 4 rings (SSSR count). The first kappa shape index (κ1) is 20.3. The Morgan fingerprint density at radius 1 is 1.17 bits per heavy atom. The Labute approximate surface area is 174 Å². The van der Waals surface area contributed by atoms with Crippen molar-refractivity contribution in [2.75, 3.05) is 6.54 Å². The van der Waals surface area contributed by atoms with Crippen LogP contribution in [0.2, 0.25) is 0 Å². The van der Waals surface area contributed by atoms with E-state index in [1.165, 1.54) is 35.0 Å². The number of aryl methyl sites for hydroxylation is 3. The zero-order chi connectivity index (χ0) is 21.3. The fourth-order valence-electron chi connectivity index (χ4n) is 4.21. The Kier molecular flexibility index (Phi) is 5.66. The molecule has 0 radical (unpaired) electrons. The molecule has 0 N–H and O–H groups in total. The van der Waals surface area contributed by atoms with E-state index < -0.39 is 11.6 Å². The molecule has 0 saturated carbocycles. The average molecular weight is 410 g/mol. The minimum Gasteiger partial charge on any atom is -0.441 e. The van der Waals surface area contributed by atoms with Gasteiger partial charge in [0.2, 0.25) is 5.91 Å². The van der Waals surface area contributed by atoms with Gasteiger partial charge in [0.25, 0.3) is 0 Å². The van der Waals surface area contributed by atoms with Crippen molar-refractivity contribution in [2.24, 2.45) is 0 Å². The van der Waals surface area contributed by atoms with Crippen molar-refractivity contribution in [1.29, 1.82) is 0 Å². The van der Waals surface area contributed by atoms with Crippen molar-refractivity contribution in [1.82, 2.24) is 9.88 Å². The van der Waals surface area contributed by atoms with Crippen molar-refractivity contribution in [3.8, 4) is 11.3 Å². The van der Waals surface area contributed by atoms with Crippen LogP contribution in [-0.4, -0.2) is 22.3 Å². The fraction of sp³-hybridized carbons (Fsp3) is 0.333. The molecule has 1 amide bonds. The van der Waals surface area contributed by atoms with Gasteiger partial charge in [0.1, 0.15) is 11.6 Å². The molecule has 1 aromatic heterocycles. The quantitative estimate of drug-likeness (QED) is 0.555. The van der Waals surface area contributed by atoms with Crippen LogP contribution in [0.3, 0.4) is 0 Å². The zero-order valence-corrected chi connectivity index (χ0v) is 17.1. The molecule has 156 valence electrons. The minimum absolute atomic E-state index is 0.0596. The van der Waals surface area contributed by atoms with Crippen molar-refractivity contribution >= 4 is 5.91 Å². The number of amides is 1. The number of halogens is 2. The smallest absolute Gasteiger partial charge is 0.223 e. The fourth-order valence-corrected chi connectivity index (χ4v) is 4.21. The van der Waals surface area contributed by atoms with Crippen LogP contribution in [0.4, 0.5) is 8.78 Å². The highest BCUT2D eigenvalue weighted by molar-refractivity contribution is 5.77. The van der Waals surface area contributed by atoms with Crippen LogP contribution in [0.15, 0.2) is 47.0 Å². The van der Waals surface area contributed by atoms with E-state index in [-0.39, 0.29) is 29.7 Å². The first-order valence-electron chi connectivity index (χ1n) is 10.2. The Hall–Kier alpha value is -3.02. The number of rotatable bonds is 5. The third-order valence-corrected chi connectivity index (χ3v) is 5.50. The van der Waals surface area contributed by atoms with Crippen LogP contribution in [-0.2, 0) is 11.2 Å². The number of benzene rings is 2. The number of carbonyl (C=O) groups excluding carboxylic acids is 1. The third kappa shape index (κ3) is 4.27. The number of nitrogens with zero attached hydrogens (tertiary/aromatic N) is 2. The van der Waals surface area contributed by atoms with Crippen LogP contribution in [0.1, 0.15) is 47.9 Å². The van der Waals surface area contributed by atoms with Gasteiger partial charge < -0.3 is 9.32 Å². The van der Waals surface area contributed by atoms with Crippen molar-refractivity contribution < 1.29 is 18.0 Å². The summed E-state index contributed by atoms with van der Waals surface area (Å²) in [6.45, 7) is 4.89. The molecule has 0 spiro atoms. The maximum absolute atomic E-state index is 13.9. The molecule has 2 aromatic carbocycles. The summed E-state index contributed by atoms with van der Waals surface area (Å²) < 4.78 is 32.6. The molecule has 1 unspecified atom stereocenters. The van der Waals surface area contributed by atoms with Crippen LogP contribution in [0.5, 0.6) is 0 Å². The second-order valence-electron chi connectivity index (χ2n) is 7.91. The normalized spacial score (nSPS) is 16.3. The molecule has 3 aromatic rings. The number of hydrogen-bond donors (Lipinski definition) is 0. The summed E-state index contributed by atoms with van der Waals surface area (Å²) in [6, 6.07) is 9.84. The lowest BCUT2D eigenvalue weighted by Crippen LogP contribution is -2.30. The van der Waals surface area contributed by atoms with Crippen LogP contribution in [0.25, 0.3) is 11.3 Å². The molecule has 1 aliphatic heterocycles. The minimum atomic E-state index is -0.706. The predicted octanol–water partition coefficient (Wildman–Crippen LogP) is 5.53. The molecule has 0 aliphatic carbocycles. The second-order valence-corrected chi connectivity index (χ2v) is 7.91. The largest absolute Gasteiger partial charge is 0.441 e. The van der Waals surface area contributed by atoms with Gasteiger partial charge in [0, 0.05) is 25.5 Å². The summed E-state index contributed by atoms with van der Waals surface area (Å²) >= 11 is 0. The zero-order valence-electron chi connectivity index (χ0n) is 17.1. The lowest BCUT2D eigenvalue weighted by atomic mass is 9.99. The lowest BCUT2D eigenvalue weighted by molar-refractivity contribution is -0.132. The predicted molar refractivity (Wildman–Crippen MR) is 110 cm³/mol. The first-order valence-corrected chi connectivity index (χ1v) is 10.2. The van der Waals surface area contributed by atoms with Gasteiger partial charge in [-0.05, 0) is 44.4 Å². The summed E-state index contributed by atoms with van der Waals surface area (Å²) in [4.78, 5) is 19.0. The van der Waals surface area contributed by atoms with E-state index in [4.69, 9.17) is 4.42 Å². The standard InChI is InChI=1S/C24H24F2N2O2/c1-15-10-16(2)12-17(11-15)21-4-3-9-28(21)24(29)8-7-23-27-14-22(30-23)19-6-5-18(25)13-20(19)26/h5-6,10-14,21H,3-4,7-9H2,1-2H3. The van der Waals surface area contributed by atoms with E-state index in [0.29, 0.717) is 12.3 Å². The van der Waals surface area contributed by atoms with E-state index in [1.54, 1.807) is 0 Å². The molecular formula is C24H24F2N2O2. The van der Waals surface area contributed by atoms with Gasteiger partial charge in [-0.25, -0.2) is 13.8 Å². The molecule has 30 heavy (non-hydrogen) atoms. The lowest BCUT2D eigenvalue weighted by Gasteiger charge is -2.25. The third-order valence-electron chi connectivity index (χ3n) is 5.50. The maximum Gasteiger partial charge on any atom is 0.223 e. The molecule has 4 nitrogen and oxygen atoms in total. The number of carbonyl (C=O) groups is 1. The number of hydrogen-bond acceptors (Lipinski definition) is 3.